The monoisotopic (exact) mass is 355 g/mol. The van der Waals surface area contributed by atoms with Gasteiger partial charge in [0.05, 0.1) is 25.3 Å². The molecule has 0 spiro atoms. The molecule has 1 unspecified atom stereocenters. The summed E-state index contributed by atoms with van der Waals surface area (Å²) in [5, 5.41) is 3.83. The largest absolute Gasteiger partial charge is 0.493 e. The van der Waals surface area contributed by atoms with E-state index in [0.29, 0.717) is 33.6 Å². The summed E-state index contributed by atoms with van der Waals surface area (Å²) in [6.07, 6.45) is 2.85. The summed E-state index contributed by atoms with van der Waals surface area (Å²) in [7, 11) is 3.10. The van der Waals surface area contributed by atoms with Gasteiger partial charge in [0.25, 0.3) is 0 Å². The first-order valence-electron chi connectivity index (χ1n) is 7.36. The third-order valence-electron chi connectivity index (χ3n) is 3.79. The van der Waals surface area contributed by atoms with Gasteiger partial charge in [0.15, 0.2) is 17.1 Å². The number of methoxy groups -OCH3 is 2. The molecule has 1 N–H and O–H groups in total. The van der Waals surface area contributed by atoms with E-state index in [4.69, 9.17) is 9.47 Å². The fraction of sp³-hybridized carbons (Fsp3) is 0.188. The van der Waals surface area contributed by atoms with Crippen molar-refractivity contribution in [1.82, 2.24) is 19.9 Å². The second-order valence-electron chi connectivity index (χ2n) is 5.19. The molecule has 8 nitrogen and oxygen atoms in total. The zero-order valence-electron chi connectivity index (χ0n) is 13.4. The van der Waals surface area contributed by atoms with E-state index in [0.717, 1.165) is 5.39 Å². The number of aromatic nitrogens is 4. The molecule has 0 saturated heterocycles. The van der Waals surface area contributed by atoms with Gasteiger partial charge < -0.3 is 14.8 Å². The average Bonchev–Trinajstić information content (AvgIpc) is 3.03. The molecular formula is C16H13N5O3S. The molecule has 126 valence electrons. The number of benzene rings is 1. The molecule has 1 atom stereocenters. The second-order valence-corrected chi connectivity index (χ2v) is 6.29. The van der Waals surface area contributed by atoms with E-state index < -0.39 is 5.25 Å². The first-order chi connectivity index (χ1) is 12.2. The number of carbonyl (C=O) groups excluding carboxylic acids is 1. The number of nitrogens with zero attached hydrogens (tertiary/aromatic N) is 4. The first kappa shape index (κ1) is 15.6. The number of carbonyl (C=O) groups is 1. The lowest BCUT2D eigenvalue weighted by molar-refractivity contribution is -0.115. The third-order valence-corrected chi connectivity index (χ3v) is 5.00. The zero-order valence-corrected chi connectivity index (χ0v) is 14.2. The fourth-order valence-electron chi connectivity index (χ4n) is 2.65. The Hall–Kier alpha value is -2.94. The van der Waals surface area contributed by atoms with E-state index in [9.17, 15) is 4.79 Å². The van der Waals surface area contributed by atoms with Crippen LogP contribution in [0.25, 0.3) is 11.0 Å². The molecule has 4 rings (SSSR count). The van der Waals surface area contributed by atoms with Gasteiger partial charge in [-0.3, -0.25) is 4.79 Å². The number of nitrogens with one attached hydrogen (secondary N) is 1. The van der Waals surface area contributed by atoms with Gasteiger partial charge in [0, 0.05) is 11.8 Å². The Morgan fingerprint density at radius 2 is 1.84 bits per heavy atom. The molecule has 3 aromatic rings. The highest BCUT2D eigenvalue weighted by Gasteiger charge is 2.34. The molecule has 0 fully saturated rings. The van der Waals surface area contributed by atoms with Gasteiger partial charge in [-0.05, 0) is 12.1 Å². The Morgan fingerprint density at radius 1 is 1.08 bits per heavy atom. The molecular weight excluding hydrogens is 342 g/mol. The summed E-state index contributed by atoms with van der Waals surface area (Å²) in [6, 6.07) is 5.19. The highest BCUT2D eigenvalue weighted by molar-refractivity contribution is 8.00. The standard InChI is InChI=1S/C16H13N5O3S/c1-23-9-4-3-8(5-10(9)24-2)21-15(22)13-12-11-14(18-6-17-12)19-7-20-16(11)25-13/h3-7,13H,1-2H3,(H,21,22). The van der Waals surface area contributed by atoms with Crippen molar-refractivity contribution in [1.29, 1.82) is 0 Å². The van der Waals surface area contributed by atoms with Crippen LogP contribution < -0.4 is 14.8 Å². The van der Waals surface area contributed by atoms with Crippen LogP contribution in [0.4, 0.5) is 5.69 Å². The van der Waals surface area contributed by atoms with Crippen molar-refractivity contribution in [3.8, 4) is 11.5 Å². The molecule has 1 aromatic carbocycles. The highest BCUT2D eigenvalue weighted by Crippen LogP contribution is 2.46. The maximum Gasteiger partial charge on any atom is 0.244 e. The molecule has 0 aliphatic carbocycles. The molecule has 25 heavy (non-hydrogen) atoms. The molecule has 1 amide bonds. The van der Waals surface area contributed by atoms with Crippen molar-refractivity contribution >= 4 is 34.4 Å². The topological polar surface area (TPSA) is 99.1 Å². The summed E-state index contributed by atoms with van der Waals surface area (Å²) < 4.78 is 10.5. The zero-order chi connectivity index (χ0) is 17.4. The lowest BCUT2D eigenvalue weighted by Gasteiger charge is -2.13. The number of ether oxygens (including phenoxy) is 2. The Labute approximate surface area is 147 Å². The van der Waals surface area contributed by atoms with Crippen LogP contribution in [0.3, 0.4) is 0 Å². The Balaban J connectivity index is 1.62. The summed E-state index contributed by atoms with van der Waals surface area (Å²) in [4.78, 5) is 29.5. The number of rotatable bonds is 4. The van der Waals surface area contributed by atoms with Crippen LogP contribution in [0, 0.1) is 0 Å². The van der Waals surface area contributed by atoms with Crippen LogP contribution in [0.15, 0.2) is 35.9 Å². The predicted octanol–water partition coefficient (Wildman–Crippen LogP) is 2.22. The predicted molar refractivity (Wildman–Crippen MR) is 91.9 cm³/mol. The van der Waals surface area contributed by atoms with Crippen LogP contribution >= 0.6 is 11.8 Å². The summed E-state index contributed by atoms with van der Waals surface area (Å²) in [6.45, 7) is 0. The molecule has 0 radical (unpaired) electrons. The van der Waals surface area contributed by atoms with Crippen LogP contribution in [0.5, 0.6) is 11.5 Å². The number of anilines is 1. The van der Waals surface area contributed by atoms with Crippen molar-refractivity contribution < 1.29 is 14.3 Å². The quantitative estimate of drug-likeness (QED) is 0.711. The van der Waals surface area contributed by atoms with Crippen LogP contribution in [-0.4, -0.2) is 40.1 Å². The van der Waals surface area contributed by atoms with E-state index in [1.54, 1.807) is 32.4 Å². The second kappa shape index (κ2) is 6.17. The number of hydrogen-bond donors (Lipinski definition) is 1. The van der Waals surface area contributed by atoms with E-state index in [1.807, 2.05) is 0 Å². The number of thioether (sulfide) groups is 1. The van der Waals surface area contributed by atoms with E-state index in [-0.39, 0.29) is 5.91 Å². The van der Waals surface area contributed by atoms with Crippen molar-refractivity contribution in [3.63, 3.8) is 0 Å². The van der Waals surface area contributed by atoms with Gasteiger partial charge in [-0.1, -0.05) is 11.8 Å². The molecule has 1 aliphatic heterocycles. The smallest absolute Gasteiger partial charge is 0.244 e. The average molecular weight is 355 g/mol. The molecule has 0 bridgehead atoms. The minimum Gasteiger partial charge on any atom is -0.493 e. The highest BCUT2D eigenvalue weighted by atomic mass is 32.2. The molecule has 2 aromatic heterocycles. The van der Waals surface area contributed by atoms with Crippen molar-refractivity contribution in [2.24, 2.45) is 0 Å². The minimum absolute atomic E-state index is 0.199. The van der Waals surface area contributed by atoms with Crippen LogP contribution in [0.2, 0.25) is 0 Å². The van der Waals surface area contributed by atoms with Gasteiger partial charge in [0.2, 0.25) is 5.91 Å². The SMILES string of the molecule is COc1ccc(NC(=O)C2Sc3ncnc4ncnc2c34)cc1OC. The lowest BCUT2D eigenvalue weighted by atomic mass is 10.2. The maximum absolute atomic E-state index is 12.8. The minimum atomic E-state index is -0.509. The van der Waals surface area contributed by atoms with E-state index in [1.165, 1.54) is 24.4 Å². The molecule has 3 heterocycles. The van der Waals surface area contributed by atoms with Gasteiger partial charge >= 0.3 is 0 Å². The van der Waals surface area contributed by atoms with Gasteiger partial charge in [-0.2, -0.15) is 0 Å². The Morgan fingerprint density at radius 3 is 2.60 bits per heavy atom. The Bertz CT molecular complexity index is 976. The maximum atomic E-state index is 12.8. The molecule has 1 aliphatic rings. The van der Waals surface area contributed by atoms with Crippen LogP contribution in [-0.2, 0) is 4.79 Å². The van der Waals surface area contributed by atoms with Crippen LogP contribution in [0.1, 0.15) is 10.9 Å². The summed E-state index contributed by atoms with van der Waals surface area (Å²) in [5.41, 5.74) is 1.78. The summed E-state index contributed by atoms with van der Waals surface area (Å²) in [5.74, 6) is 0.934. The number of hydrogen-bond acceptors (Lipinski definition) is 8. The van der Waals surface area contributed by atoms with E-state index >= 15 is 0 Å². The lowest BCUT2D eigenvalue weighted by Crippen LogP contribution is -2.18. The van der Waals surface area contributed by atoms with Crippen molar-refractivity contribution in [2.45, 2.75) is 10.3 Å². The first-order valence-corrected chi connectivity index (χ1v) is 8.24. The van der Waals surface area contributed by atoms with E-state index in [2.05, 4.69) is 25.3 Å². The molecule has 0 saturated carbocycles. The third kappa shape index (κ3) is 2.62. The van der Waals surface area contributed by atoms with Gasteiger partial charge in [-0.25, -0.2) is 19.9 Å². The summed E-state index contributed by atoms with van der Waals surface area (Å²) >= 11 is 1.34. The normalized spacial score (nSPS) is 15.2. The fourth-order valence-corrected chi connectivity index (χ4v) is 3.75. The number of amides is 1. The van der Waals surface area contributed by atoms with Gasteiger partial charge in [-0.15, -0.1) is 0 Å². The van der Waals surface area contributed by atoms with Gasteiger partial charge in [0.1, 0.15) is 22.9 Å². The van der Waals surface area contributed by atoms with Crippen molar-refractivity contribution in [3.05, 3.63) is 36.5 Å². The van der Waals surface area contributed by atoms with Crippen molar-refractivity contribution in [2.75, 3.05) is 19.5 Å². The molecule has 9 heteroatoms. The Kier molecular flexibility index (Phi) is 3.85.